The van der Waals surface area contributed by atoms with E-state index < -0.39 is 0 Å². The minimum absolute atomic E-state index is 0.583. The molecule has 0 aliphatic heterocycles. The summed E-state index contributed by atoms with van der Waals surface area (Å²) in [6, 6.07) is 0.583. The zero-order chi connectivity index (χ0) is 6.27. The molecule has 1 aliphatic carbocycles. The van der Waals surface area contributed by atoms with Gasteiger partial charge < -0.3 is 0 Å². The summed E-state index contributed by atoms with van der Waals surface area (Å²) >= 11 is 0. The van der Waals surface area contributed by atoms with E-state index in [4.69, 9.17) is 0 Å². The molecule has 2 rings (SSSR count). The lowest BCUT2D eigenvalue weighted by Gasteiger charge is -1.89. The van der Waals surface area contributed by atoms with Crippen molar-refractivity contribution in [3.63, 3.8) is 0 Å². The van der Waals surface area contributed by atoms with E-state index in [0.717, 1.165) is 5.92 Å². The summed E-state index contributed by atoms with van der Waals surface area (Å²) in [4.78, 5) is 0. The van der Waals surface area contributed by atoms with Crippen molar-refractivity contribution in [1.29, 1.82) is 0 Å². The fraction of sp³-hybridized carbons (Fsp3) is 0.800. The maximum Gasteiger partial charge on any atom is 0.138 e. The Morgan fingerprint density at radius 1 is 1.67 bits per heavy atom. The van der Waals surface area contributed by atoms with Gasteiger partial charge in [-0.2, -0.15) is 0 Å². The molecule has 1 aromatic rings. The Hall–Kier alpha value is -0.930. The highest BCUT2D eigenvalue weighted by Gasteiger charge is 2.35. The summed E-state index contributed by atoms with van der Waals surface area (Å²) in [6.45, 7) is 2.20. The second-order valence-electron chi connectivity index (χ2n) is 2.57. The molecule has 0 bridgehead atoms. The topological polar surface area (TPSA) is 43.6 Å². The lowest BCUT2D eigenvalue weighted by molar-refractivity contribution is 0.579. The number of hydrogen-bond donors (Lipinski definition) is 0. The van der Waals surface area contributed by atoms with Crippen molar-refractivity contribution in [2.24, 2.45) is 5.92 Å². The number of aromatic nitrogens is 4. The highest BCUT2D eigenvalue weighted by Crippen LogP contribution is 2.41. The summed E-state index contributed by atoms with van der Waals surface area (Å²) in [7, 11) is 0. The lowest BCUT2D eigenvalue weighted by Crippen LogP contribution is -1.95. The van der Waals surface area contributed by atoms with E-state index in [1.807, 2.05) is 4.68 Å². The van der Waals surface area contributed by atoms with Crippen LogP contribution in [0, 0.1) is 5.92 Å². The molecule has 9 heavy (non-hydrogen) atoms. The predicted molar refractivity (Wildman–Crippen MR) is 30.6 cm³/mol. The van der Waals surface area contributed by atoms with Crippen molar-refractivity contribution in [3.8, 4) is 0 Å². The van der Waals surface area contributed by atoms with Crippen LogP contribution >= 0.6 is 0 Å². The summed E-state index contributed by atoms with van der Waals surface area (Å²) in [5, 5.41) is 10.9. The first kappa shape index (κ1) is 4.90. The minimum Gasteiger partial charge on any atom is -0.229 e. The second-order valence-corrected chi connectivity index (χ2v) is 2.57. The molecule has 1 aliphatic rings. The Bertz CT molecular complexity index is 193. The smallest absolute Gasteiger partial charge is 0.138 e. The van der Waals surface area contributed by atoms with Gasteiger partial charge in [-0.1, -0.05) is 6.92 Å². The van der Waals surface area contributed by atoms with Crippen molar-refractivity contribution in [3.05, 3.63) is 6.33 Å². The minimum atomic E-state index is 0.583. The van der Waals surface area contributed by atoms with Gasteiger partial charge in [-0.05, 0) is 22.8 Å². The Balaban J connectivity index is 2.18. The molecular formula is C5H8N4. The van der Waals surface area contributed by atoms with Crippen LogP contribution in [0.1, 0.15) is 19.4 Å². The van der Waals surface area contributed by atoms with E-state index in [-0.39, 0.29) is 0 Å². The largest absolute Gasteiger partial charge is 0.229 e. The molecular weight excluding hydrogens is 116 g/mol. The highest BCUT2D eigenvalue weighted by atomic mass is 15.5. The van der Waals surface area contributed by atoms with Gasteiger partial charge >= 0.3 is 0 Å². The fourth-order valence-corrected chi connectivity index (χ4v) is 0.991. The standard InChI is InChI=1S/C5H8N4/c1-4-2-5(4)9-3-6-7-8-9/h3-5H,2H2,1H3/t4-,5+/m1/s1. The van der Waals surface area contributed by atoms with Crippen LogP contribution in [-0.2, 0) is 0 Å². The summed E-state index contributed by atoms with van der Waals surface area (Å²) < 4.78 is 1.82. The number of hydrogen-bond acceptors (Lipinski definition) is 3. The normalized spacial score (nSPS) is 32.6. The molecule has 1 aromatic heterocycles. The Kier molecular flexibility index (Phi) is 0.831. The number of tetrazole rings is 1. The van der Waals surface area contributed by atoms with Crippen LogP contribution in [0.3, 0.4) is 0 Å². The molecule has 0 spiro atoms. The summed E-state index contributed by atoms with van der Waals surface area (Å²) in [5.74, 6) is 0.772. The molecule has 0 amide bonds. The predicted octanol–water partition coefficient (Wildman–Crippen LogP) is 0.254. The van der Waals surface area contributed by atoms with Crippen LogP contribution in [0.4, 0.5) is 0 Å². The third kappa shape index (κ3) is 0.704. The van der Waals surface area contributed by atoms with Gasteiger partial charge in [0.2, 0.25) is 0 Å². The third-order valence-corrected chi connectivity index (χ3v) is 1.77. The molecule has 0 saturated heterocycles. The molecule has 1 saturated carbocycles. The molecule has 4 heteroatoms. The first-order valence-electron chi connectivity index (χ1n) is 3.10. The summed E-state index contributed by atoms with van der Waals surface area (Å²) in [6.07, 6.45) is 2.90. The Morgan fingerprint density at radius 2 is 2.44 bits per heavy atom. The lowest BCUT2D eigenvalue weighted by atomic mass is 10.5. The van der Waals surface area contributed by atoms with Crippen molar-refractivity contribution in [2.75, 3.05) is 0 Å². The van der Waals surface area contributed by atoms with E-state index in [9.17, 15) is 0 Å². The molecule has 1 heterocycles. The van der Waals surface area contributed by atoms with Gasteiger partial charge in [-0.3, -0.25) is 0 Å². The van der Waals surface area contributed by atoms with Gasteiger partial charge in [0.1, 0.15) is 6.33 Å². The van der Waals surface area contributed by atoms with Crippen LogP contribution < -0.4 is 0 Å². The van der Waals surface area contributed by atoms with Gasteiger partial charge in [-0.25, -0.2) is 4.68 Å². The first-order chi connectivity index (χ1) is 4.38. The molecule has 48 valence electrons. The Morgan fingerprint density at radius 3 is 2.89 bits per heavy atom. The van der Waals surface area contributed by atoms with Crippen molar-refractivity contribution < 1.29 is 0 Å². The van der Waals surface area contributed by atoms with Crippen molar-refractivity contribution >= 4 is 0 Å². The molecule has 2 atom stereocenters. The van der Waals surface area contributed by atoms with E-state index in [0.29, 0.717) is 6.04 Å². The van der Waals surface area contributed by atoms with Crippen molar-refractivity contribution in [1.82, 2.24) is 20.2 Å². The van der Waals surface area contributed by atoms with E-state index >= 15 is 0 Å². The van der Waals surface area contributed by atoms with E-state index in [1.54, 1.807) is 6.33 Å². The van der Waals surface area contributed by atoms with Gasteiger partial charge in [0, 0.05) is 0 Å². The number of rotatable bonds is 1. The zero-order valence-electron chi connectivity index (χ0n) is 5.23. The van der Waals surface area contributed by atoms with Crippen LogP contribution in [0.25, 0.3) is 0 Å². The quantitative estimate of drug-likeness (QED) is 0.539. The first-order valence-corrected chi connectivity index (χ1v) is 3.10. The average molecular weight is 124 g/mol. The van der Waals surface area contributed by atoms with Crippen LogP contribution in [-0.4, -0.2) is 20.2 Å². The van der Waals surface area contributed by atoms with Crippen LogP contribution in [0.5, 0.6) is 0 Å². The van der Waals surface area contributed by atoms with Gasteiger partial charge in [0.15, 0.2) is 0 Å². The SMILES string of the molecule is C[C@@H]1C[C@@H]1n1cnnn1. The molecule has 1 fully saturated rings. The van der Waals surface area contributed by atoms with Gasteiger partial charge in [-0.15, -0.1) is 5.10 Å². The molecule has 0 N–H and O–H groups in total. The third-order valence-electron chi connectivity index (χ3n) is 1.77. The fourth-order valence-electron chi connectivity index (χ4n) is 0.991. The van der Waals surface area contributed by atoms with Gasteiger partial charge in [0.05, 0.1) is 6.04 Å². The zero-order valence-corrected chi connectivity index (χ0v) is 5.23. The van der Waals surface area contributed by atoms with Crippen LogP contribution in [0.2, 0.25) is 0 Å². The maximum absolute atomic E-state index is 3.78. The monoisotopic (exact) mass is 124 g/mol. The maximum atomic E-state index is 3.78. The van der Waals surface area contributed by atoms with Gasteiger partial charge in [0.25, 0.3) is 0 Å². The van der Waals surface area contributed by atoms with E-state index in [2.05, 4.69) is 22.4 Å². The second kappa shape index (κ2) is 1.52. The summed E-state index contributed by atoms with van der Waals surface area (Å²) in [5.41, 5.74) is 0. The number of nitrogens with zero attached hydrogens (tertiary/aromatic N) is 4. The molecule has 0 unspecified atom stereocenters. The van der Waals surface area contributed by atoms with Crippen molar-refractivity contribution in [2.45, 2.75) is 19.4 Å². The highest BCUT2D eigenvalue weighted by molar-refractivity contribution is 4.86. The molecule has 4 nitrogen and oxygen atoms in total. The van der Waals surface area contributed by atoms with Crippen LogP contribution in [0.15, 0.2) is 6.33 Å². The average Bonchev–Trinajstić information content (AvgIpc) is 2.44. The molecule has 0 aromatic carbocycles. The Labute approximate surface area is 52.9 Å². The molecule has 0 radical (unpaired) electrons. The van der Waals surface area contributed by atoms with E-state index in [1.165, 1.54) is 6.42 Å².